The Kier molecular flexibility index (Phi) is 3.79. The summed E-state index contributed by atoms with van der Waals surface area (Å²) >= 11 is 0. The van der Waals surface area contributed by atoms with Crippen molar-refractivity contribution in [3.8, 4) is 0 Å². The fourth-order valence-electron chi connectivity index (χ4n) is 1.96. The molecular formula is C14H19FN2. The molecule has 1 aromatic carbocycles. The maximum Gasteiger partial charge on any atom is 0.123 e. The average molecular weight is 234 g/mol. The van der Waals surface area contributed by atoms with Crippen LogP contribution in [0.5, 0.6) is 0 Å². The number of fused-ring (bicyclic) bond motifs is 1. The van der Waals surface area contributed by atoms with Crippen molar-refractivity contribution >= 4 is 10.9 Å². The largest absolute Gasteiger partial charge is 0.361 e. The summed E-state index contributed by atoms with van der Waals surface area (Å²) in [5, 5.41) is 4.44. The molecule has 2 aromatic rings. The van der Waals surface area contributed by atoms with Gasteiger partial charge in [0.25, 0.3) is 0 Å². The van der Waals surface area contributed by atoms with Crippen molar-refractivity contribution in [2.24, 2.45) is 0 Å². The lowest BCUT2D eigenvalue weighted by Gasteiger charge is -2.10. The Morgan fingerprint density at radius 1 is 1.41 bits per heavy atom. The van der Waals surface area contributed by atoms with E-state index < -0.39 is 0 Å². The maximum absolute atomic E-state index is 13.2. The smallest absolute Gasteiger partial charge is 0.123 e. The van der Waals surface area contributed by atoms with Gasteiger partial charge in [0.1, 0.15) is 5.82 Å². The van der Waals surface area contributed by atoms with Crippen molar-refractivity contribution in [3.05, 3.63) is 35.8 Å². The van der Waals surface area contributed by atoms with Crippen LogP contribution in [0, 0.1) is 5.82 Å². The summed E-state index contributed by atoms with van der Waals surface area (Å²) in [6.07, 6.45) is 4.03. The number of hydrogen-bond acceptors (Lipinski definition) is 1. The molecule has 2 N–H and O–H groups in total. The van der Waals surface area contributed by atoms with E-state index in [4.69, 9.17) is 0 Å². The van der Waals surface area contributed by atoms with Crippen LogP contribution in [-0.4, -0.2) is 17.6 Å². The van der Waals surface area contributed by atoms with Gasteiger partial charge in [0.2, 0.25) is 0 Å². The van der Waals surface area contributed by atoms with Gasteiger partial charge in [-0.15, -0.1) is 0 Å². The van der Waals surface area contributed by atoms with Crippen molar-refractivity contribution in [2.75, 3.05) is 6.54 Å². The molecule has 1 heterocycles. The van der Waals surface area contributed by atoms with Gasteiger partial charge in [-0.3, -0.25) is 0 Å². The first-order chi connectivity index (χ1) is 8.20. The highest BCUT2D eigenvalue weighted by Crippen LogP contribution is 2.19. The minimum atomic E-state index is -0.173. The summed E-state index contributed by atoms with van der Waals surface area (Å²) in [5.74, 6) is -0.173. The van der Waals surface area contributed by atoms with E-state index in [2.05, 4.69) is 24.1 Å². The van der Waals surface area contributed by atoms with E-state index in [1.807, 2.05) is 6.20 Å². The van der Waals surface area contributed by atoms with E-state index in [1.165, 1.54) is 11.6 Å². The van der Waals surface area contributed by atoms with Gasteiger partial charge in [-0.2, -0.15) is 0 Å². The number of benzene rings is 1. The topological polar surface area (TPSA) is 27.8 Å². The molecule has 0 aliphatic carbocycles. The predicted molar refractivity (Wildman–Crippen MR) is 69.7 cm³/mol. The van der Waals surface area contributed by atoms with Crippen molar-refractivity contribution in [2.45, 2.75) is 32.7 Å². The molecule has 0 amide bonds. The van der Waals surface area contributed by atoms with E-state index in [9.17, 15) is 4.39 Å². The molecule has 0 bridgehead atoms. The number of rotatable bonds is 5. The second-order valence-electron chi connectivity index (χ2n) is 4.52. The van der Waals surface area contributed by atoms with Gasteiger partial charge in [0.15, 0.2) is 0 Å². The van der Waals surface area contributed by atoms with E-state index in [1.54, 1.807) is 12.1 Å². The van der Waals surface area contributed by atoms with E-state index in [0.29, 0.717) is 6.04 Å². The standard InChI is InChI=1S/C14H19FN2/c1-3-10(2)16-7-6-11-9-17-14-5-4-12(15)8-13(11)14/h4-5,8-10,16-17H,3,6-7H2,1-2H3. The summed E-state index contributed by atoms with van der Waals surface area (Å²) in [4.78, 5) is 3.17. The van der Waals surface area contributed by atoms with Gasteiger partial charge in [0, 0.05) is 23.1 Å². The molecule has 0 spiro atoms. The zero-order valence-corrected chi connectivity index (χ0v) is 10.4. The highest BCUT2D eigenvalue weighted by molar-refractivity contribution is 5.83. The molecule has 0 aliphatic heterocycles. The quantitative estimate of drug-likeness (QED) is 0.816. The molecule has 2 rings (SSSR count). The Bertz CT molecular complexity index is 490. The highest BCUT2D eigenvalue weighted by atomic mass is 19.1. The third kappa shape index (κ3) is 2.86. The fraction of sp³-hybridized carbons (Fsp3) is 0.429. The maximum atomic E-state index is 13.2. The number of aromatic amines is 1. The van der Waals surface area contributed by atoms with Crippen LogP contribution < -0.4 is 5.32 Å². The first-order valence-corrected chi connectivity index (χ1v) is 6.19. The number of aromatic nitrogens is 1. The Morgan fingerprint density at radius 3 is 3.00 bits per heavy atom. The summed E-state index contributed by atoms with van der Waals surface area (Å²) in [5.41, 5.74) is 2.18. The van der Waals surface area contributed by atoms with Gasteiger partial charge in [-0.1, -0.05) is 6.92 Å². The Labute approximate surface area is 101 Å². The van der Waals surface area contributed by atoms with Crippen molar-refractivity contribution in [1.29, 1.82) is 0 Å². The summed E-state index contributed by atoms with van der Waals surface area (Å²) < 4.78 is 13.2. The molecule has 1 atom stereocenters. The number of nitrogens with one attached hydrogen (secondary N) is 2. The normalized spacial score (nSPS) is 13.1. The zero-order chi connectivity index (χ0) is 12.3. The van der Waals surface area contributed by atoms with Crippen LogP contribution >= 0.6 is 0 Å². The number of hydrogen-bond donors (Lipinski definition) is 2. The average Bonchev–Trinajstić information content (AvgIpc) is 2.72. The molecule has 0 radical (unpaired) electrons. The Balaban J connectivity index is 2.06. The first kappa shape index (κ1) is 12.1. The molecule has 0 saturated carbocycles. The van der Waals surface area contributed by atoms with Crippen molar-refractivity contribution in [3.63, 3.8) is 0 Å². The van der Waals surface area contributed by atoms with Crippen LogP contribution in [0.3, 0.4) is 0 Å². The molecule has 1 aromatic heterocycles. The molecule has 0 aliphatic rings. The molecule has 0 saturated heterocycles. The van der Waals surface area contributed by atoms with Crippen LogP contribution in [0.4, 0.5) is 4.39 Å². The SMILES string of the molecule is CCC(C)NCCc1c[nH]c2ccc(F)cc12. The van der Waals surface area contributed by atoms with Crippen molar-refractivity contribution < 1.29 is 4.39 Å². The van der Waals surface area contributed by atoms with Gasteiger partial charge in [-0.05, 0) is 50.1 Å². The molecule has 3 heteroatoms. The Morgan fingerprint density at radius 2 is 2.24 bits per heavy atom. The minimum absolute atomic E-state index is 0.173. The minimum Gasteiger partial charge on any atom is -0.361 e. The fourth-order valence-corrected chi connectivity index (χ4v) is 1.96. The number of halogens is 1. The van der Waals surface area contributed by atoms with Crippen molar-refractivity contribution in [1.82, 2.24) is 10.3 Å². The third-order valence-electron chi connectivity index (χ3n) is 3.23. The third-order valence-corrected chi connectivity index (χ3v) is 3.23. The zero-order valence-electron chi connectivity index (χ0n) is 10.4. The summed E-state index contributed by atoms with van der Waals surface area (Å²) in [7, 11) is 0. The van der Waals surface area contributed by atoms with Gasteiger partial charge in [-0.25, -0.2) is 4.39 Å². The number of H-pyrrole nitrogens is 1. The molecule has 0 fully saturated rings. The summed E-state index contributed by atoms with van der Waals surface area (Å²) in [6, 6.07) is 5.41. The van der Waals surface area contributed by atoms with Crippen LogP contribution in [0.25, 0.3) is 10.9 Å². The lowest BCUT2D eigenvalue weighted by atomic mass is 10.1. The van der Waals surface area contributed by atoms with E-state index >= 15 is 0 Å². The second kappa shape index (κ2) is 5.32. The van der Waals surface area contributed by atoms with E-state index in [0.717, 1.165) is 30.3 Å². The van der Waals surface area contributed by atoms with Gasteiger partial charge in [0.05, 0.1) is 0 Å². The predicted octanol–water partition coefficient (Wildman–Crippen LogP) is 3.24. The molecular weight excluding hydrogens is 215 g/mol. The molecule has 2 nitrogen and oxygen atoms in total. The Hall–Kier alpha value is -1.35. The van der Waals surface area contributed by atoms with E-state index in [-0.39, 0.29) is 5.82 Å². The lowest BCUT2D eigenvalue weighted by molar-refractivity contribution is 0.538. The van der Waals surface area contributed by atoms with Gasteiger partial charge >= 0.3 is 0 Å². The molecule has 92 valence electrons. The summed E-state index contributed by atoms with van der Waals surface area (Å²) in [6.45, 7) is 5.27. The van der Waals surface area contributed by atoms with Gasteiger partial charge < -0.3 is 10.3 Å². The highest BCUT2D eigenvalue weighted by Gasteiger charge is 2.05. The molecule has 1 unspecified atom stereocenters. The van der Waals surface area contributed by atoms with Crippen LogP contribution in [0.1, 0.15) is 25.8 Å². The lowest BCUT2D eigenvalue weighted by Crippen LogP contribution is -2.27. The van der Waals surface area contributed by atoms with Crippen LogP contribution in [0.15, 0.2) is 24.4 Å². The monoisotopic (exact) mass is 234 g/mol. The van der Waals surface area contributed by atoms with Crippen LogP contribution in [-0.2, 0) is 6.42 Å². The second-order valence-corrected chi connectivity index (χ2v) is 4.52. The van der Waals surface area contributed by atoms with Crippen LogP contribution in [0.2, 0.25) is 0 Å². The molecule has 17 heavy (non-hydrogen) atoms. The first-order valence-electron chi connectivity index (χ1n) is 6.19.